The fraction of sp³-hybridized carbons (Fsp3) is 0.364. The molecule has 1 aliphatic rings. The van der Waals surface area contributed by atoms with E-state index in [-0.39, 0.29) is 24.1 Å². The van der Waals surface area contributed by atoms with Crippen LogP contribution in [0.2, 0.25) is 0 Å². The molecule has 156 valence electrons. The largest absolute Gasteiger partial charge is 0.376 e. The van der Waals surface area contributed by atoms with Crippen LogP contribution in [0, 0.1) is 13.8 Å². The molecule has 1 saturated heterocycles. The lowest BCUT2D eigenvalue weighted by atomic mass is 10.1. The van der Waals surface area contributed by atoms with Crippen LogP contribution in [-0.2, 0) is 16.1 Å². The maximum Gasteiger partial charge on any atom is 0.256 e. The van der Waals surface area contributed by atoms with Gasteiger partial charge in [-0.3, -0.25) is 14.2 Å². The van der Waals surface area contributed by atoms with Gasteiger partial charge in [0.15, 0.2) is 0 Å². The third-order valence-corrected chi connectivity index (χ3v) is 5.11. The number of rotatable bonds is 6. The first-order valence-electron chi connectivity index (χ1n) is 10.1. The van der Waals surface area contributed by atoms with Crippen LogP contribution in [0.25, 0.3) is 17.2 Å². The quantitative estimate of drug-likeness (QED) is 0.675. The van der Waals surface area contributed by atoms with Crippen LogP contribution in [0.15, 0.2) is 47.3 Å². The van der Waals surface area contributed by atoms with Crippen molar-refractivity contribution in [2.75, 3.05) is 13.2 Å². The van der Waals surface area contributed by atoms with Gasteiger partial charge in [-0.2, -0.15) is 5.10 Å². The van der Waals surface area contributed by atoms with E-state index in [4.69, 9.17) is 9.72 Å². The summed E-state index contributed by atoms with van der Waals surface area (Å²) in [5, 5.41) is 7.34. The van der Waals surface area contributed by atoms with Gasteiger partial charge in [-0.25, -0.2) is 9.67 Å². The van der Waals surface area contributed by atoms with Crippen LogP contribution in [0.1, 0.15) is 24.2 Å². The topological polar surface area (TPSA) is 91.0 Å². The average molecular weight is 407 g/mol. The average Bonchev–Trinajstić information content (AvgIpc) is 3.37. The lowest BCUT2D eigenvalue weighted by Crippen LogP contribution is -2.38. The van der Waals surface area contributed by atoms with Crippen LogP contribution in [0.4, 0.5) is 0 Å². The van der Waals surface area contributed by atoms with Crippen LogP contribution >= 0.6 is 0 Å². The Morgan fingerprint density at radius 2 is 2.03 bits per heavy atom. The lowest BCUT2D eigenvalue weighted by molar-refractivity contribution is -0.122. The molecule has 3 heterocycles. The minimum atomic E-state index is -0.307. The van der Waals surface area contributed by atoms with Crippen LogP contribution in [0.5, 0.6) is 0 Å². The number of nitrogens with one attached hydrogen (secondary N) is 1. The van der Waals surface area contributed by atoms with E-state index in [1.807, 2.05) is 50.2 Å². The zero-order chi connectivity index (χ0) is 21.1. The van der Waals surface area contributed by atoms with E-state index in [1.54, 1.807) is 4.68 Å². The molecule has 4 rings (SSSR count). The monoisotopic (exact) mass is 407 g/mol. The van der Waals surface area contributed by atoms with Crippen molar-refractivity contribution in [2.45, 2.75) is 39.3 Å². The summed E-state index contributed by atoms with van der Waals surface area (Å²) in [4.78, 5) is 30.3. The first kappa shape index (κ1) is 20.0. The highest BCUT2D eigenvalue weighted by atomic mass is 16.5. The zero-order valence-corrected chi connectivity index (χ0v) is 17.2. The molecule has 0 saturated carbocycles. The molecule has 8 heteroatoms. The van der Waals surface area contributed by atoms with Gasteiger partial charge in [-0.15, -0.1) is 0 Å². The summed E-state index contributed by atoms with van der Waals surface area (Å²) in [6.07, 6.45) is 1.98. The van der Waals surface area contributed by atoms with Crippen LogP contribution in [0.3, 0.4) is 0 Å². The molecule has 8 nitrogen and oxygen atoms in total. The Balaban J connectivity index is 1.68. The predicted molar refractivity (Wildman–Crippen MR) is 113 cm³/mol. The second kappa shape index (κ2) is 8.62. The summed E-state index contributed by atoms with van der Waals surface area (Å²) in [6, 6.07) is 12.8. The predicted octanol–water partition coefficient (Wildman–Crippen LogP) is 2.01. The molecule has 0 unspecified atom stereocenters. The van der Waals surface area contributed by atoms with Gasteiger partial charge in [0.25, 0.3) is 5.56 Å². The standard InChI is InChI=1S/C22H25N5O3/c1-15-11-16(2)27(25-15)22-24-19(17-7-4-3-5-8-17)12-21(29)26(22)14-20(28)23-13-18-9-6-10-30-18/h3-5,7-8,11-12,18H,6,9-10,13-14H2,1-2H3,(H,23,28)/t18-/m1/s1. The van der Waals surface area contributed by atoms with E-state index in [0.717, 1.165) is 36.4 Å². The Bertz CT molecular complexity index is 1100. The van der Waals surface area contributed by atoms with E-state index >= 15 is 0 Å². The summed E-state index contributed by atoms with van der Waals surface area (Å²) >= 11 is 0. The third kappa shape index (κ3) is 4.33. The molecule has 1 amide bonds. The van der Waals surface area contributed by atoms with E-state index in [1.165, 1.54) is 10.6 Å². The Hall–Kier alpha value is -3.26. The number of ether oxygens (including phenoxy) is 1. The summed E-state index contributed by atoms with van der Waals surface area (Å²) in [6.45, 7) is 4.80. The lowest BCUT2D eigenvalue weighted by Gasteiger charge is -2.15. The maximum absolute atomic E-state index is 13.0. The molecule has 30 heavy (non-hydrogen) atoms. The molecule has 2 aromatic heterocycles. The number of aryl methyl sites for hydroxylation is 2. The second-order valence-corrected chi connectivity index (χ2v) is 7.51. The molecule has 3 aromatic rings. The number of carbonyl (C=O) groups is 1. The molecule has 1 N–H and O–H groups in total. The van der Waals surface area contributed by atoms with Crippen molar-refractivity contribution < 1.29 is 9.53 Å². The Morgan fingerprint density at radius 3 is 2.70 bits per heavy atom. The van der Waals surface area contributed by atoms with E-state index < -0.39 is 0 Å². The molecule has 0 aliphatic carbocycles. The first-order chi connectivity index (χ1) is 14.5. The van der Waals surface area contributed by atoms with Gasteiger partial charge in [0.1, 0.15) is 6.54 Å². The highest BCUT2D eigenvalue weighted by Crippen LogP contribution is 2.17. The zero-order valence-electron chi connectivity index (χ0n) is 17.2. The first-order valence-corrected chi connectivity index (χ1v) is 10.1. The third-order valence-electron chi connectivity index (χ3n) is 5.11. The van der Waals surface area contributed by atoms with Crippen LogP contribution < -0.4 is 10.9 Å². The van der Waals surface area contributed by atoms with Crippen molar-refractivity contribution >= 4 is 5.91 Å². The van der Waals surface area contributed by atoms with E-state index in [9.17, 15) is 9.59 Å². The van der Waals surface area contributed by atoms with Gasteiger partial charge in [0.05, 0.1) is 17.5 Å². The minimum Gasteiger partial charge on any atom is -0.376 e. The minimum absolute atomic E-state index is 0.0414. The number of hydrogen-bond donors (Lipinski definition) is 1. The van der Waals surface area contributed by atoms with E-state index in [2.05, 4.69) is 10.4 Å². The summed E-state index contributed by atoms with van der Waals surface area (Å²) in [5.74, 6) is 0.0591. The number of nitrogens with zero attached hydrogens (tertiary/aromatic N) is 4. The van der Waals surface area contributed by atoms with Gasteiger partial charge in [-0.1, -0.05) is 30.3 Å². The second-order valence-electron chi connectivity index (χ2n) is 7.51. The van der Waals surface area contributed by atoms with Crippen molar-refractivity contribution in [2.24, 2.45) is 0 Å². The fourth-order valence-corrected chi connectivity index (χ4v) is 3.62. The fourth-order valence-electron chi connectivity index (χ4n) is 3.62. The summed E-state index contributed by atoms with van der Waals surface area (Å²) < 4.78 is 8.51. The molecule has 1 aromatic carbocycles. The van der Waals surface area contributed by atoms with Crippen molar-refractivity contribution in [3.8, 4) is 17.2 Å². The Morgan fingerprint density at radius 1 is 1.23 bits per heavy atom. The number of carbonyl (C=O) groups excluding carboxylic acids is 1. The van der Waals surface area contributed by atoms with Gasteiger partial charge < -0.3 is 10.1 Å². The Labute approximate surface area is 174 Å². The number of hydrogen-bond acceptors (Lipinski definition) is 5. The van der Waals surface area contributed by atoms with E-state index in [0.29, 0.717) is 18.2 Å². The molecule has 0 radical (unpaired) electrons. The van der Waals surface area contributed by atoms with Crippen molar-refractivity contribution in [1.82, 2.24) is 24.6 Å². The molecule has 0 bridgehead atoms. The van der Waals surface area contributed by atoms with Crippen molar-refractivity contribution in [3.63, 3.8) is 0 Å². The summed E-state index contributed by atoms with van der Waals surface area (Å²) in [7, 11) is 0. The van der Waals surface area contributed by atoms with Gasteiger partial charge in [-0.05, 0) is 32.8 Å². The van der Waals surface area contributed by atoms with Gasteiger partial charge in [0, 0.05) is 30.5 Å². The molecular formula is C22H25N5O3. The van der Waals surface area contributed by atoms with Gasteiger partial charge >= 0.3 is 0 Å². The highest BCUT2D eigenvalue weighted by Gasteiger charge is 2.19. The van der Waals surface area contributed by atoms with Crippen LogP contribution in [-0.4, -0.2) is 44.5 Å². The number of aromatic nitrogens is 4. The summed E-state index contributed by atoms with van der Waals surface area (Å²) in [5.41, 5.74) is 2.70. The molecule has 1 atom stereocenters. The molecule has 1 fully saturated rings. The molecule has 0 spiro atoms. The van der Waals surface area contributed by atoms with Crippen molar-refractivity contribution in [1.29, 1.82) is 0 Å². The number of amides is 1. The maximum atomic E-state index is 13.0. The van der Waals surface area contributed by atoms with Crippen molar-refractivity contribution in [3.05, 3.63) is 64.2 Å². The molecule has 1 aliphatic heterocycles. The number of benzene rings is 1. The Kier molecular flexibility index (Phi) is 5.76. The SMILES string of the molecule is Cc1cc(C)n(-c2nc(-c3ccccc3)cc(=O)n2CC(=O)NC[C@H]2CCCO2)n1. The smallest absolute Gasteiger partial charge is 0.256 e. The highest BCUT2D eigenvalue weighted by molar-refractivity contribution is 5.76. The normalized spacial score (nSPS) is 16.0. The molecular weight excluding hydrogens is 382 g/mol. The van der Waals surface area contributed by atoms with Gasteiger partial charge in [0.2, 0.25) is 11.9 Å².